The van der Waals surface area contributed by atoms with Gasteiger partial charge in [-0.1, -0.05) is 6.58 Å². The van der Waals surface area contributed by atoms with E-state index >= 15 is 0 Å². The molecule has 0 atom stereocenters. The standard InChI is InChI=1S/C9H11NS/c1-7(2)6-10-9-8(3)4-5-11-9/h4-6H,1H2,2-3H3/b10-6-. The van der Waals surface area contributed by atoms with E-state index in [9.17, 15) is 0 Å². The minimum absolute atomic E-state index is 0.984. The zero-order valence-corrected chi connectivity index (χ0v) is 7.61. The normalized spacial score (nSPS) is 10.7. The van der Waals surface area contributed by atoms with Gasteiger partial charge in [0.05, 0.1) is 0 Å². The zero-order valence-electron chi connectivity index (χ0n) is 6.79. The summed E-state index contributed by atoms with van der Waals surface area (Å²) < 4.78 is 0. The van der Waals surface area contributed by atoms with Gasteiger partial charge < -0.3 is 0 Å². The molecule has 0 fully saturated rings. The molecule has 0 spiro atoms. The summed E-state index contributed by atoms with van der Waals surface area (Å²) in [5.41, 5.74) is 2.21. The molecule has 0 saturated heterocycles. The maximum absolute atomic E-state index is 4.26. The Labute approximate surface area is 71.1 Å². The van der Waals surface area contributed by atoms with Crippen molar-refractivity contribution in [2.75, 3.05) is 0 Å². The van der Waals surface area contributed by atoms with Crippen molar-refractivity contribution in [3.8, 4) is 0 Å². The minimum atomic E-state index is 0.984. The summed E-state index contributed by atoms with van der Waals surface area (Å²) in [6.07, 6.45) is 1.79. The molecule has 58 valence electrons. The Morgan fingerprint density at radius 1 is 1.73 bits per heavy atom. The Morgan fingerprint density at radius 3 is 2.91 bits per heavy atom. The fraction of sp³-hybridized carbons (Fsp3) is 0.222. The summed E-state index contributed by atoms with van der Waals surface area (Å²) in [5, 5.41) is 3.12. The molecule has 1 nitrogen and oxygen atoms in total. The summed E-state index contributed by atoms with van der Waals surface area (Å²) >= 11 is 1.65. The highest BCUT2D eigenvalue weighted by Crippen LogP contribution is 2.24. The molecular weight excluding hydrogens is 154 g/mol. The van der Waals surface area contributed by atoms with Crippen LogP contribution < -0.4 is 0 Å². The van der Waals surface area contributed by atoms with Gasteiger partial charge in [-0.2, -0.15) is 0 Å². The van der Waals surface area contributed by atoms with Crippen LogP contribution in [0.25, 0.3) is 0 Å². The van der Waals surface area contributed by atoms with Gasteiger partial charge in [0.25, 0.3) is 0 Å². The smallest absolute Gasteiger partial charge is 0.118 e. The number of rotatable bonds is 2. The van der Waals surface area contributed by atoms with Crippen LogP contribution >= 0.6 is 11.3 Å². The first-order valence-electron chi connectivity index (χ1n) is 3.44. The highest BCUT2D eigenvalue weighted by Gasteiger charge is 1.93. The first kappa shape index (κ1) is 8.21. The van der Waals surface area contributed by atoms with Crippen molar-refractivity contribution in [3.05, 3.63) is 29.2 Å². The molecule has 1 rings (SSSR count). The van der Waals surface area contributed by atoms with Gasteiger partial charge >= 0.3 is 0 Å². The molecule has 1 aromatic rings. The number of allylic oxidation sites excluding steroid dienone is 1. The summed E-state index contributed by atoms with van der Waals surface area (Å²) in [4.78, 5) is 4.26. The molecule has 0 aliphatic rings. The second-order valence-electron chi connectivity index (χ2n) is 2.51. The van der Waals surface area contributed by atoms with E-state index in [0.29, 0.717) is 0 Å². The predicted molar refractivity (Wildman–Crippen MR) is 52.0 cm³/mol. The molecule has 0 aliphatic heterocycles. The third-order valence-electron chi connectivity index (χ3n) is 1.24. The number of hydrogen-bond acceptors (Lipinski definition) is 2. The van der Waals surface area contributed by atoms with Crippen molar-refractivity contribution in [2.45, 2.75) is 13.8 Å². The molecule has 0 saturated carbocycles. The predicted octanol–water partition coefficient (Wildman–Crippen LogP) is 3.33. The Bertz CT molecular complexity index is 284. The monoisotopic (exact) mass is 165 g/mol. The van der Waals surface area contributed by atoms with E-state index < -0.39 is 0 Å². The molecular formula is C9H11NS. The Kier molecular flexibility index (Phi) is 2.60. The summed E-state index contributed by atoms with van der Waals surface area (Å²) in [5.74, 6) is 0. The van der Waals surface area contributed by atoms with Gasteiger partial charge in [0.1, 0.15) is 5.00 Å². The van der Waals surface area contributed by atoms with Gasteiger partial charge in [0.2, 0.25) is 0 Å². The highest BCUT2D eigenvalue weighted by atomic mass is 32.1. The molecule has 1 heterocycles. The van der Waals surface area contributed by atoms with E-state index in [4.69, 9.17) is 0 Å². The van der Waals surface area contributed by atoms with E-state index in [1.807, 2.05) is 12.3 Å². The van der Waals surface area contributed by atoms with Crippen LogP contribution in [-0.4, -0.2) is 6.21 Å². The zero-order chi connectivity index (χ0) is 8.27. The fourth-order valence-corrected chi connectivity index (χ4v) is 1.43. The van der Waals surface area contributed by atoms with Crippen molar-refractivity contribution in [1.29, 1.82) is 0 Å². The molecule has 2 heteroatoms. The van der Waals surface area contributed by atoms with Crippen LogP contribution in [0.4, 0.5) is 5.00 Å². The second kappa shape index (κ2) is 3.49. The molecule has 11 heavy (non-hydrogen) atoms. The van der Waals surface area contributed by atoms with Gasteiger partial charge in [-0.25, -0.2) is 4.99 Å². The first-order valence-corrected chi connectivity index (χ1v) is 4.32. The average molecular weight is 165 g/mol. The number of aryl methyl sites for hydroxylation is 1. The van der Waals surface area contributed by atoms with E-state index in [0.717, 1.165) is 10.6 Å². The molecule has 0 radical (unpaired) electrons. The van der Waals surface area contributed by atoms with Crippen molar-refractivity contribution in [1.82, 2.24) is 0 Å². The highest BCUT2D eigenvalue weighted by molar-refractivity contribution is 7.14. The molecule has 0 unspecified atom stereocenters. The Morgan fingerprint density at radius 2 is 2.45 bits per heavy atom. The molecule has 0 aliphatic carbocycles. The van der Waals surface area contributed by atoms with E-state index in [2.05, 4.69) is 24.6 Å². The van der Waals surface area contributed by atoms with Crippen LogP contribution in [0, 0.1) is 6.92 Å². The largest absolute Gasteiger partial charge is 0.245 e. The van der Waals surface area contributed by atoms with Crippen LogP contribution in [0.3, 0.4) is 0 Å². The lowest BCUT2D eigenvalue weighted by Crippen LogP contribution is -1.71. The molecule has 0 aromatic carbocycles. The SMILES string of the molecule is C=C(C)/C=N\c1sccc1C. The van der Waals surface area contributed by atoms with Gasteiger partial charge in [-0.05, 0) is 36.4 Å². The molecule has 0 N–H and O–H groups in total. The van der Waals surface area contributed by atoms with E-state index in [1.54, 1.807) is 17.6 Å². The third-order valence-corrected chi connectivity index (χ3v) is 2.16. The lowest BCUT2D eigenvalue weighted by Gasteiger charge is -1.88. The minimum Gasteiger partial charge on any atom is -0.245 e. The van der Waals surface area contributed by atoms with Crippen LogP contribution in [0.1, 0.15) is 12.5 Å². The lowest BCUT2D eigenvalue weighted by molar-refractivity contribution is 1.48. The third kappa shape index (κ3) is 2.31. The molecule has 0 amide bonds. The van der Waals surface area contributed by atoms with Crippen molar-refractivity contribution in [2.24, 2.45) is 4.99 Å². The van der Waals surface area contributed by atoms with Crippen LogP contribution in [0.15, 0.2) is 28.6 Å². The van der Waals surface area contributed by atoms with Crippen molar-refractivity contribution < 1.29 is 0 Å². The fourth-order valence-electron chi connectivity index (χ4n) is 0.666. The van der Waals surface area contributed by atoms with Crippen LogP contribution in [-0.2, 0) is 0 Å². The number of thiophene rings is 1. The Balaban J connectivity index is 2.79. The maximum Gasteiger partial charge on any atom is 0.118 e. The summed E-state index contributed by atoms with van der Waals surface area (Å²) in [6, 6.07) is 2.07. The summed E-state index contributed by atoms with van der Waals surface area (Å²) in [7, 11) is 0. The van der Waals surface area contributed by atoms with Crippen LogP contribution in [0.2, 0.25) is 0 Å². The first-order chi connectivity index (χ1) is 5.20. The quantitative estimate of drug-likeness (QED) is 0.596. The topological polar surface area (TPSA) is 12.4 Å². The second-order valence-corrected chi connectivity index (χ2v) is 3.41. The lowest BCUT2D eigenvalue weighted by atomic mass is 10.3. The Hall–Kier alpha value is -0.890. The van der Waals surface area contributed by atoms with Gasteiger partial charge in [-0.3, -0.25) is 0 Å². The number of hydrogen-bond donors (Lipinski definition) is 0. The van der Waals surface area contributed by atoms with E-state index in [1.165, 1.54) is 5.56 Å². The number of aliphatic imine (C=N–C) groups is 1. The van der Waals surface area contributed by atoms with Gasteiger partial charge in [0, 0.05) is 6.21 Å². The van der Waals surface area contributed by atoms with Gasteiger partial charge in [-0.15, -0.1) is 11.3 Å². The van der Waals surface area contributed by atoms with Crippen molar-refractivity contribution >= 4 is 22.6 Å². The van der Waals surface area contributed by atoms with Crippen LogP contribution in [0.5, 0.6) is 0 Å². The number of nitrogens with zero attached hydrogens (tertiary/aromatic N) is 1. The molecule has 0 bridgehead atoms. The van der Waals surface area contributed by atoms with Gasteiger partial charge in [0.15, 0.2) is 0 Å². The average Bonchev–Trinajstić information content (AvgIpc) is 2.31. The van der Waals surface area contributed by atoms with Crippen molar-refractivity contribution in [3.63, 3.8) is 0 Å². The van der Waals surface area contributed by atoms with E-state index in [-0.39, 0.29) is 0 Å². The molecule has 1 aromatic heterocycles. The summed E-state index contributed by atoms with van der Waals surface area (Å²) in [6.45, 7) is 7.73. The maximum atomic E-state index is 4.26.